The zero-order valence-electron chi connectivity index (χ0n) is 14.6. The van der Waals surface area contributed by atoms with Crippen molar-refractivity contribution in [3.05, 3.63) is 65.7 Å². The van der Waals surface area contributed by atoms with E-state index in [1.165, 1.54) is 12.1 Å². The van der Waals surface area contributed by atoms with Crippen LogP contribution in [-0.4, -0.2) is 36.4 Å². The molecule has 5 nitrogen and oxygen atoms in total. The number of benzene rings is 2. The van der Waals surface area contributed by atoms with E-state index < -0.39 is 18.0 Å². The predicted octanol–water partition coefficient (Wildman–Crippen LogP) is 1.45. The van der Waals surface area contributed by atoms with Crippen molar-refractivity contribution in [1.82, 2.24) is 10.6 Å². The molecule has 0 aliphatic carbocycles. The second-order valence-electron chi connectivity index (χ2n) is 5.57. The van der Waals surface area contributed by atoms with Gasteiger partial charge in [-0.3, -0.25) is 4.79 Å². The molecule has 0 heterocycles. The maximum atomic E-state index is 12.6. The first-order valence-corrected chi connectivity index (χ1v) is 7.81. The Morgan fingerprint density at radius 3 is 2.33 bits per heavy atom. The Balaban J connectivity index is 2.06. The lowest BCUT2D eigenvalue weighted by molar-refractivity contribution is -0.125. The zero-order chi connectivity index (χ0) is 18.2. The van der Waals surface area contributed by atoms with Crippen molar-refractivity contribution in [3.8, 4) is 5.75 Å². The minimum Gasteiger partial charge on any atom is -0.508 e. The molecule has 1 amide bonds. The number of hydrogen-bond acceptors (Lipinski definition) is 4. The smallest absolute Gasteiger partial charge is 0.238 e. The second kappa shape index (κ2) is 8.84. The lowest BCUT2D eigenvalue weighted by Gasteiger charge is -2.19. The molecule has 0 saturated heterocycles. The van der Waals surface area contributed by atoms with Gasteiger partial charge < -0.3 is 20.5 Å². The minimum absolute atomic E-state index is 0.128. The molecule has 0 aromatic heterocycles. The molecule has 126 valence electrons. The van der Waals surface area contributed by atoms with Gasteiger partial charge in [0.1, 0.15) is 12.0 Å². The highest BCUT2D eigenvalue weighted by Gasteiger charge is 2.20. The molecule has 5 heteroatoms. The summed E-state index contributed by atoms with van der Waals surface area (Å²) in [6, 6.07) is 14.4. The van der Waals surface area contributed by atoms with Crippen molar-refractivity contribution in [1.29, 1.82) is 0 Å². The first kappa shape index (κ1) is 16.2. The molecule has 2 atom stereocenters. The first-order chi connectivity index (χ1) is 12.0. The van der Waals surface area contributed by atoms with Crippen molar-refractivity contribution in [2.75, 3.05) is 7.05 Å². The topological polar surface area (TPSA) is 78.4 Å². The Hall–Kier alpha value is -2.66. The summed E-state index contributed by atoms with van der Waals surface area (Å²) in [6.07, 6.45) is 1.27. The Labute approximate surface area is 143 Å². The van der Waals surface area contributed by atoms with Gasteiger partial charge in [0.05, 0.1) is 12.1 Å². The summed E-state index contributed by atoms with van der Waals surface area (Å²) in [5, 5.41) is 13.0. The molecule has 0 unspecified atom stereocenters. The standard InChI is InChI=1S/C19H22N2O3/c1-20-18(12-14-5-3-2-4-6-14)19(24)21-16(13-22)11-15-7-9-17(23)10-8-15/h2-10,13,16,18,20,23H,11-12H2,1H3,(H,21,24)/t16-,18-/m0/s1/i/hD. The molecule has 24 heavy (non-hydrogen) atoms. The summed E-state index contributed by atoms with van der Waals surface area (Å²) in [6.45, 7) is 0. The molecule has 0 radical (unpaired) electrons. The van der Waals surface area contributed by atoms with Crippen LogP contribution in [0.2, 0.25) is 1.41 Å². The molecule has 0 fully saturated rings. The molecule has 0 bridgehead atoms. The van der Waals surface area contributed by atoms with E-state index in [0.29, 0.717) is 12.7 Å². The van der Waals surface area contributed by atoms with Crippen LogP contribution in [0, 0.1) is 0 Å². The van der Waals surface area contributed by atoms with Crippen LogP contribution in [0.25, 0.3) is 0 Å². The van der Waals surface area contributed by atoms with Gasteiger partial charge in [0, 0.05) is 0 Å². The normalized spacial score (nSPS) is 13.6. The maximum Gasteiger partial charge on any atom is 0.238 e. The predicted molar refractivity (Wildman–Crippen MR) is 92.8 cm³/mol. The molecule has 3 N–H and O–H groups in total. The third-order valence-electron chi connectivity index (χ3n) is 3.76. The number of aromatic hydroxyl groups is 1. The number of rotatable bonds is 8. The molecular formula is C19H22N2O3. The van der Waals surface area contributed by atoms with Gasteiger partial charge in [-0.25, -0.2) is 0 Å². The lowest BCUT2D eigenvalue weighted by atomic mass is 10.0. The Morgan fingerprint density at radius 2 is 1.75 bits per heavy atom. The fourth-order valence-corrected chi connectivity index (χ4v) is 2.41. The highest BCUT2D eigenvalue weighted by atomic mass is 16.3. The molecule has 0 aliphatic rings. The van der Waals surface area contributed by atoms with Crippen LogP contribution in [-0.2, 0) is 22.4 Å². The van der Waals surface area contributed by atoms with Crippen molar-refractivity contribution in [2.45, 2.75) is 24.9 Å². The number of phenolic OH excluding ortho intramolecular Hbond substituents is 1. The molecule has 0 saturated carbocycles. The third kappa shape index (κ3) is 5.21. The number of amides is 1. The average Bonchev–Trinajstić information content (AvgIpc) is 2.65. The number of nitrogens with one attached hydrogen (secondary N) is 2. The molecule has 0 aliphatic heterocycles. The third-order valence-corrected chi connectivity index (χ3v) is 3.76. The highest BCUT2D eigenvalue weighted by molar-refractivity contribution is 5.84. The van der Waals surface area contributed by atoms with Gasteiger partial charge in [0.2, 0.25) is 5.91 Å². The van der Waals surface area contributed by atoms with Gasteiger partial charge >= 0.3 is 0 Å². The Bertz CT molecular complexity index is 692. The van der Waals surface area contributed by atoms with Crippen LogP contribution in [0.1, 0.15) is 11.1 Å². The number of aldehydes is 1. The summed E-state index contributed by atoms with van der Waals surface area (Å²) < 4.78 is 8.09. The van der Waals surface area contributed by atoms with E-state index >= 15 is 0 Å². The zero-order valence-corrected chi connectivity index (χ0v) is 13.6. The van der Waals surface area contributed by atoms with Crippen LogP contribution in [0.4, 0.5) is 0 Å². The molecule has 2 rings (SSSR count). The number of carbonyl (C=O) groups excluding carboxylic acids is 2. The maximum absolute atomic E-state index is 12.6. The first-order valence-electron chi connectivity index (χ1n) is 8.26. The quantitative estimate of drug-likeness (QED) is 0.641. The number of likely N-dealkylation sites (N-methyl/N-ethyl adjacent to an activating group) is 1. The Morgan fingerprint density at radius 1 is 1.12 bits per heavy atom. The largest absolute Gasteiger partial charge is 0.508 e. The lowest BCUT2D eigenvalue weighted by Crippen LogP contribution is -2.48. The van der Waals surface area contributed by atoms with E-state index in [-0.39, 0.29) is 12.2 Å². The van der Waals surface area contributed by atoms with Crippen LogP contribution in [0.5, 0.6) is 5.75 Å². The van der Waals surface area contributed by atoms with Gasteiger partial charge in [-0.1, -0.05) is 42.5 Å². The van der Waals surface area contributed by atoms with E-state index in [1.54, 1.807) is 19.2 Å². The van der Waals surface area contributed by atoms with Crippen LogP contribution in [0.15, 0.2) is 54.6 Å². The number of phenols is 1. The molecular weight excluding hydrogens is 304 g/mol. The van der Waals surface area contributed by atoms with Crippen LogP contribution < -0.4 is 10.6 Å². The van der Waals surface area contributed by atoms with E-state index in [4.69, 9.17) is 1.41 Å². The minimum atomic E-state index is -0.885. The molecule has 2 aromatic rings. The van der Waals surface area contributed by atoms with Gasteiger partial charge in [0.15, 0.2) is 1.41 Å². The van der Waals surface area contributed by atoms with E-state index in [1.807, 2.05) is 30.3 Å². The Kier molecular flexibility index (Phi) is 5.97. The van der Waals surface area contributed by atoms with E-state index in [9.17, 15) is 14.7 Å². The summed E-state index contributed by atoms with van der Waals surface area (Å²) >= 11 is 0. The van der Waals surface area contributed by atoms with Gasteiger partial charge in [-0.05, 0) is 43.1 Å². The van der Waals surface area contributed by atoms with Gasteiger partial charge in [-0.2, -0.15) is 0 Å². The van der Waals surface area contributed by atoms with Crippen molar-refractivity contribution < 1.29 is 16.1 Å². The fourth-order valence-electron chi connectivity index (χ4n) is 2.41. The number of carbonyl (C=O) groups is 2. The molecule has 2 aromatic carbocycles. The fraction of sp³-hybridized carbons (Fsp3) is 0.263. The van der Waals surface area contributed by atoms with Crippen molar-refractivity contribution in [3.63, 3.8) is 0 Å². The van der Waals surface area contributed by atoms with Crippen LogP contribution in [0.3, 0.4) is 0 Å². The van der Waals surface area contributed by atoms with E-state index in [0.717, 1.165) is 16.4 Å². The summed E-state index contributed by atoms with van der Waals surface area (Å²) in [7, 11) is 1.66. The van der Waals surface area contributed by atoms with E-state index in [2.05, 4.69) is 5.32 Å². The van der Waals surface area contributed by atoms with Gasteiger partial charge in [-0.15, -0.1) is 0 Å². The van der Waals surface area contributed by atoms with Crippen molar-refractivity contribution in [2.24, 2.45) is 0 Å². The van der Waals surface area contributed by atoms with Crippen LogP contribution >= 0.6 is 0 Å². The van der Waals surface area contributed by atoms with Crippen molar-refractivity contribution >= 4 is 12.2 Å². The average molecular weight is 327 g/mol. The highest BCUT2D eigenvalue weighted by Crippen LogP contribution is 2.11. The summed E-state index contributed by atoms with van der Waals surface area (Å²) in [4.78, 5) is 24.0. The monoisotopic (exact) mass is 327 g/mol. The summed E-state index contributed by atoms with van der Waals surface area (Å²) in [5.41, 5.74) is 1.74. The SMILES string of the molecule is [2H]N(C(=O)[C@H](Cc1ccccc1)NC)[C@H](C=O)Cc1ccc(O)cc1. The summed E-state index contributed by atoms with van der Waals surface area (Å²) in [5.74, 6) is -0.328. The second-order valence-corrected chi connectivity index (χ2v) is 5.57. The number of hydrogen-bond donors (Lipinski definition) is 3. The van der Waals surface area contributed by atoms with Gasteiger partial charge in [0.25, 0.3) is 0 Å². The molecule has 0 spiro atoms.